The highest BCUT2D eigenvalue weighted by molar-refractivity contribution is 5.63. The Morgan fingerprint density at radius 1 is 1.05 bits per heavy atom. The van der Waals surface area contributed by atoms with E-state index < -0.39 is 0 Å². The van der Waals surface area contributed by atoms with Crippen LogP contribution in [-0.2, 0) is 6.54 Å². The lowest BCUT2D eigenvalue weighted by Crippen LogP contribution is -2.22. The van der Waals surface area contributed by atoms with Gasteiger partial charge in [-0.25, -0.2) is 0 Å². The Morgan fingerprint density at radius 3 is 2.33 bits per heavy atom. The van der Waals surface area contributed by atoms with E-state index in [-0.39, 0.29) is 0 Å². The molecule has 0 aliphatic heterocycles. The van der Waals surface area contributed by atoms with Crippen LogP contribution in [0.3, 0.4) is 0 Å². The number of benzene rings is 1. The van der Waals surface area contributed by atoms with Crippen LogP contribution in [0.1, 0.15) is 30.7 Å². The lowest BCUT2D eigenvalue weighted by molar-refractivity contribution is 0.581. The fourth-order valence-corrected chi connectivity index (χ4v) is 2.37. The van der Waals surface area contributed by atoms with Crippen LogP contribution in [-0.4, -0.2) is 18.1 Å². The topological polar surface area (TPSA) is 28.2 Å². The molecule has 0 aliphatic carbocycles. The van der Waals surface area contributed by atoms with Gasteiger partial charge in [0.05, 0.1) is 5.69 Å². The van der Waals surface area contributed by atoms with Crippen molar-refractivity contribution < 1.29 is 0 Å². The van der Waals surface area contributed by atoms with Crippen LogP contribution in [0.4, 0.5) is 11.4 Å². The summed E-state index contributed by atoms with van der Waals surface area (Å²) in [4.78, 5) is 6.64. The van der Waals surface area contributed by atoms with Crippen molar-refractivity contribution in [3.05, 3.63) is 53.3 Å². The molecule has 0 radical (unpaired) electrons. The van der Waals surface area contributed by atoms with Crippen LogP contribution in [0.2, 0.25) is 0 Å². The fraction of sp³-hybridized carbons (Fsp3) is 0.389. The molecule has 0 unspecified atom stereocenters. The summed E-state index contributed by atoms with van der Waals surface area (Å²) in [5.41, 5.74) is 6.01. The summed E-state index contributed by atoms with van der Waals surface area (Å²) < 4.78 is 0. The normalized spacial score (nSPS) is 11.0. The summed E-state index contributed by atoms with van der Waals surface area (Å²) in [6, 6.07) is 11.3. The van der Waals surface area contributed by atoms with Crippen LogP contribution < -0.4 is 10.2 Å². The van der Waals surface area contributed by atoms with Crippen molar-refractivity contribution in [3.8, 4) is 0 Å². The first kappa shape index (κ1) is 15.5. The summed E-state index contributed by atoms with van der Waals surface area (Å²) in [7, 11) is 2.10. The molecule has 0 saturated heterocycles. The molecule has 21 heavy (non-hydrogen) atoms. The van der Waals surface area contributed by atoms with E-state index in [9.17, 15) is 0 Å². The van der Waals surface area contributed by atoms with Gasteiger partial charge < -0.3 is 10.2 Å². The summed E-state index contributed by atoms with van der Waals surface area (Å²) >= 11 is 0. The maximum Gasteiger partial charge on any atom is 0.0562 e. The molecule has 2 rings (SSSR count). The minimum absolute atomic E-state index is 0.465. The molecule has 112 valence electrons. The Morgan fingerprint density at radius 2 is 1.71 bits per heavy atom. The summed E-state index contributed by atoms with van der Waals surface area (Å²) in [5.74, 6) is 0. The molecule has 3 heteroatoms. The third kappa shape index (κ3) is 4.30. The number of aryl methyl sites for hydroxylation is 2. The van der Waals surface area contributed by atoms with Gasteiger partial charge in [0.15, 0.2) is 0 Å². The van der Waals surface area contributed by atoms with Crippen molar-refractivity contribution in [2.45, 2.75) is 40.3 Å². The first-order valence-electron chi connectivity index (χ1n) is 7.46. The van der Waals surface area contributed by atoms with E-state index in [1.54, 1.807) is 0 Å². The number of rotatable bonds is 5. The second kappa shape index (κ2) is 6.72. The highest BCUT2D eigenvalue weighted by atomic mass is 15.1. The maximum absolute atomic E-state index is 4.43. The molecule has 1 aromatic heterocycles. The fourth-order valence-electron chi connectivity index (χ4n) is 2.37. The van der Waals surface area contributed by atoms with Gasteiger partial charge in [0, 0.05) is 37.2 Å². The third-order valence-electron chi connectivity index (χ3n) is 3.47. The van der Waals surface area contributed by atoms with E-state index in [0.29, 0.717) is 6.04 Å². The minimum atomic E-state index is 0.465. The van der Waals surface area contributed by atoms with Crippen molar-refractivity contribution in [1.29, 1.82) is 0 Å². The second-order valence-electron chi connectivity index (χ2n) is 5.95. The average molecular weight is 283 g/mol. The molecular weight excluding hydrogens is 258 g/mol. The SMILES string of the molecule is Cc1cc(C)cc(N(C)c2ccnc(CNC(C)C)c2)c1. The van der Waals surface area contributed by atoms with E-state index in [1.807, 2.05) is 6.20 Å². The van der Waals surface area contributed by atoms with Gasteiger partial charge in [-0.1, -0.05) is 19.9 Å². The molecule has 0 aliphatic rings. The molecule has 2 aromatic rings. The predicted octanol–water partition coefficient (Wildman–Crippen LogP) is 3.96. The van der Waals surface area contributed by atoms with Crippen molar-refractivity contribution >= 4 is 11.4 Å². The van der Waals surface area contributed by atoms with Gasteiger partial charge >= 0.3 is 0 Å². The zero-order valence-corrected chi connectivity index (χ0v) is 13.6. The predicted molar refractivity (Wildman–Crippen MR) is 90.2 cm³/mol. The van der Waals surface area contributed by atoms with Gasteiger partial charge in [-0.05, 0) is 49.2 Å². The highest BCUT2D eigenvalue weighted by Gasteiger charge is 2.07. The zero-order chi connectivity index (χ0) is 15.4. The van der Waals surface area contributed by atoms with E-state index in [0.717, 1.165) is 17.9 Å². The van der Waals surface area contributed by atoms with Crippen molar-refractivity contribution in [1.82, 2.24) is 10.3 Å². The molecule has 1 heterocycles. The van der Waals surface area contributed by atoms with E-state index in [4.69, 9.17) is 0 Å². The van der Waals surface area contributed by atoms with Crippen molar-refractivity contribution in [2.75, 3.05) is 11.9 Å². The molecule has 1 aromatic carbocycles. The number of anilines is 2. The van der Waals surface area contributed by atoms with Crippen molar-refractivity contribution in [2.24, 2.45) is 0 Å². The summed E-state index contributed by atoms with van der Waals surface area (Å²) in [6.07, 6.45) is 1.88. The largest absolute Gasteiger partial charge is 0.345 e. The van der Waals surface area contributed by atoms with Crippen LogP contribution in [0.5, 0.6) is 0 Å². The quantitative estimate of drug-likeness (QED) is 0.900. The Kier molecular flexibility index (Phi) is 4.97. The van der Waals surface area contributed by atoms with E-state index in [2.05, 4.69) is 80.3 Å². The average Bonchev–Trinajstić information content (AvgIpc) is 2.43. The molecule has 0 saturated carbocycles. The van der Waals surface area contributed by atoms with E-state index in [1.165, 1.54) is 16.8 Å². The molecule has 3 nitrogen and oxygen atoms in total. The van der Waals surface area contributed by atoms with Crippen LogP contribution in [0, 0.1) is 13.8 Å². The van der Waals surface area contributed by atoms with Crippen LogP contribution >= 0.6 is 0 Å². The number of hydrogen-bond donors (Lipinski definition) is 1. The standard InChI is InChI=1S/C18H25N3/c1-13(2)20-12-16-11-17(6-7-19-16)21(5)18-9-14(3)8-15(4)10-18/h6-11,13,20H,12H2,1-5H3. The number of pyridine rings is 1. The van der Waals surface area contributed by atoms with Crippen LogP contribution in [0.25, 0.3) is 0 Å². The number of nitrogens with zero attached hydrogens (tertiary/aromatic N) is 2. The van der Waals surface area contributed by atoms with Gasteiger partial charge in [0.25, 0.3) is 0 Å². The molecule has 1 N–H and O–H groups in total. The monoisotopic (exact) mass is 283 g/mol. The van der Waals surface area contributed by atoms with E-state index >= 15 is 0 Å². The summed E-state index contributed by atoms with van der Waals surface area (Å²) in [5, 5.41) is 3.40. The highest BCUT2D eigenvalue weighted by Crippen LogP contribution is 2.25. The Hall–Kier alpha value is -1.87. The van der Waals surface area contributed by atoms with Crippen molar-refractivity contribution in [3.63, 3.8) is 0 Å². The molecule has 0 bridgehead atoms. The third-order valence-corrected chi connectivity index (χ3v) is 3.47. The minimum Gasteiger partial charge on any atom is -0.345 e. The number of aromatic nitrogens is 1. The molecule has 0 fully saturated rings. The Labute approximate surface area is 128 Å². The summed E-state index contributed by atoms with van der Waals surface area (Å²) in [6.45, 7) is 9.35. The Bertz CT molecular complexity index is 585. The maximum atomic E-state index is 4.43. The lowest BCUT2D eigenvalue weighted by atomic mass is 10.1. The van der Waals surface area contributed by atoms with Crippen LogP contribution in [0.15, 0.2) is 36.5 Å². The van der Waals surface area contributed by atoms with Gasteiger partial charge in [-0.15, -0.1) is 0 Å². The first-order chi connectivity index (χ1) is 9.95. The second-order valence-corrected chi connectivity index (χ2v) is 5.95. The molecular formula is C18H25N3. The molecule has 0 spiro atoms. The smallest absolute Gasteiger partial charge is 0.0562 e. The van der Waals surface area contributed by atoms with Gasteiger partial charge in [0.2, 0.25) is 0 Å². The molecule has 0 amide bonds. The Balaban J connectivity index is 2.22. The number of nitrogens with one attached hydrogen (secondary N) is 1. The van der Waals surface area contributed by atoms with Gasteiger partial charge in [-0.2, -0.15) is 0 Å². The lowest BCUT2D eigenvalue weighted by Gasteiger charge is -2.21. The van der Waals surface area contributed by atoms with Gasteiger partial charge in [-0.3, -0.25) is 4.98 Å². The number of hydrogen-bond acceptors (Lipinski definition) is 3. The zero-order valence-electron chi connectivity index (χ0n) is 13.6. The molecule has 0 atom stereocenters. The first-order valence-corrected chi connectivity index (χ1v) is 7.46. The van der Waals surface area contributed by atoms with Gasteiger partial charge in [0.1, 0.15) is 0 Å².